The number of anilines is 3. The maximum absolute atomic E-state index is 13.0. The van der Waals surface area contributed by atoms with E-state index in [4.69, 9.17) is 4.74 Å². The molecule has 0 saturated carbocycles. The fourth-order valence-electron chi connectivity index (χ4n) is 2.57. The predicted molar refractivity (Wildman–Crippen MR) is 103 cm³/mol. The number of amides is 1. The Bertz CT molecular complexity index is 999. The largest absolute Gasteiger partial charge is 0.452 e. The molecular formula is C20H19FN4O3. The van der Waals surface area contributed by atoms with E-state index in [-0.39, 0.29) is 11.4 Å². The van der Waals surface area contributed by atoms with E-state index in [1.165, 1.54) is 16.8 Å². The molecule has 0 aliphatic carbocycles. The molecule has 1 aromatic heterocycles. The maximum atomic E-state index is 13.0. The van der Waals surface area contributed by atoms with Crippen molar-refractivity contribution >= 4 is 29.1 Å². The van der Waals surface area contributed by atoms with Crippen LogP contribution in [0.5, 0.6) is 0 Å². The smallest absolute Gasteiger partial charge is 0.340 e. The van der Waals surface area contributed by atoms with Gasteiger partial charge in [0.05, 0.1) is 16.9 Å². The summed E-state index contributed by atoms with van der Waals surface area (Å²) < 4.78 is 19.7. The Kier molecular flexibility index (Phi) is 5.69. The Morgan fingerprint density at radius 2 is 1.86 bits per heavy atom. The maximum Gasteiger partial charge on any atom is 0.340 e. The van der Waals surface area contributed by atoms with E-state index >= 15 is 0 Å². The molecule has 28 heavy (non-hydrogen) atoms. The number of hydrogen-bond donors (Lipinski definition) is 2. The standard InChI is InChI=1S/C20H19FN4O3/c1-13-11-18(25(2)24-13)23-19(26)12-28-20(27)16-5-3-4-6-17(16)22-15-9-7-14(21)8-10-15/h3-11,22H,12H2,1-2H3,(H,23,26). The number of halogens is 1. The fourth-order valence-corrected chi connectivity index (χ4v) is 2.57. The van der Waals surface area contributed by atoms with Gasteiger partial charge in [0.25, 0.3) is 5.91 Å². The molecule has 1 amide bonds. The van der Waals surface area contributed by atoms with Crippen molar-refractivity contribution in [3.63, 3.8) is 0 Å². The molecule has 7 nitrogen and oxygen atoms in total. The van der Waals surface area contributed by atoms with Crippen LogP contribution in [-0.2, 0) is 16.6 Å². The molecule has 2 N–H and O–H groups in total. The molecule has 0 aliphatic rings. The van der Waals surface area contributed by atoms with Crippen molar-refractivity contribution in [1.29, 1.82) is 0 Å². The molecule has 0 radical (unpaired) electrons. The summed E-state index contributed by atoms with van der Waals surface area (Å²) in [6.07, 6.45) is 0. The van der Waals surface area contributed by atoms with Gasteiger partial charge in [-0.1, -0.05) is 12.1 Å². The van der Waals surface area contributed by atoms with Gasteiger partial charge >= 0.3 is 5.97 Å². The van der Waals surface area contributed by atoms with E-state index in [2.05, 4.69) is 15.7 Å². The van der Waals surface area contributed by atoms with Crippen LogP contribution in [0.4, 0.5) is 21.6 Å². The highest BCUT2D eigenvalue weighted by atomic mass is 19.1. The minimum absolute atomic E-state index is 0.260. The van der Waals surface area contributed by atoms with Crippen LogP contribution < -0.4 is 10.6 Å². The predicted octanol–water partition coefficient (Wildman–Crippen LogP) is 3.41. The average molecular weight is 382 g/mol. The summed E-state index contributed by atoms with van der Waals surface area (Å²) >= 11 is 0. The zero-order valence-corrected chi connectivity index (χ0v) is 15.4. The summed E-state index contributed by atoms with van der Waals surface area (Å²) in [6, 6.07) is 14.2. The average Bonchev–Trinajstić information content (AvgIpc) is 2.99. The number of hydrogen-bond acceptors (Lipinski definition) is 5. The van der Waals surface area contributed by atoms with Crippen LogP contribution in [0.25, 0.3) is 0 Å². The zero-order chi connectivity index (χ0) is 20.1. The number of carbonyl (C=O) groups excluding carboxylic acids is 2. The first kappa shape index (κ1) is 19.1. The topological polar surface area (TPSA) is 85.2 Å². The third-order valence-electron chi connectivity index (χ3n) is 3.87. The van der Waals surface area contributed by atoms with Crippen molar-refractivity contribution in [2.45, 2.75) is 6.92 Å². The zero-order valence-electron chi connectivity index (χ0n) is 15.4. The van der Waals surface area contributed by atoms with E-state index in [9.17, 15) is 14.0 Å². The van der Waals surface area contributed by atoms with E-state index in [1.807, 2.05) is 0 Å². The normalized spacial score (nSPS) is 10.4. The Hall–Kier alpha value is -3.68. The highest BCUT2D eigenvalue weighted by Gasteiger charge is 2.15. The molecule has 144 valence electrons. The molecule has 0 atom stereocenters. The monoisotopic (exact) mass is 382 g/mol. The van der Waals surface area contributed by atoms with Crippen LogP contribution in [0.2, 0.25) is 0 Å². The van der Waals surface area contributed by atoms with Gasteiger partial charge in [-0.05, 0) is 43.3 Å². The van der Waals surface area contributed by atoms with Gasteiger partial charge in [-0.15, -0.1) is 0 Å². The molecule has 0 spiro atoms. The molecule has 0 fully saturated rings. The van der Waals surface area contributed by atoms with Gasteiger partial charge in [-0.25, -0.2) is 9.18 Å². The van der Waals surface area contributed by atoms with Crippen LogP contribution in [0.1, 0.15) is 16.1 Å². The minimum atomic E-state index is -0.651. The van der Waals surface area contributed by atoms with Gasteiger partial charge < -0.3 is 15.4 Å². The van der Waals surface area contributed by atoms with E-state index < -0.39 is 18.5 Å². The second-order valence-corrected chi connectivity index (χ2v) is 6.10. The number of nitrogens with one attached hydrogen (secondary N) is 2. The molecule has 8 heteroatoms. The third-order valence-corrected chi connectivity index (χ3v) is 3.87. The van der Waals surface area contributed by atoms with Crippen LogP contribution in [0, 0.1) is 12.7 Å². The van der Waals surface area contributed by atoms with Gasteiger partial charge in [-0.2, -0.15) is 5.10 Å². The molecule has 0 bridgehead atoms. The molecule has 3 rings (SSSR count). The summed E-state index contributed by atoms with van der Waals surface area (Å²) in [4.78, 5) is 24.5. The van der Waals surface area contributed by atoms with Gasteiger partial charge in [-0.3, -0.25) is 9.48 Å². The summed E-state index contributed by atoms with van der Waals surface area (Å²) in [5.74, 6) is -0.966. The minimum Gasteiger partial charge on any atom is -0.452 e. The number of ether oxygens (including phenoxy) is 1. The molecule has 0 saturated heterocycles. The van der Waals surface area contributed by atoms with Crippen molar-refractivity contribution in [2.75, 3.05) is 17.2 Å². The van der Waals surface area contributed by atoms with Crippen LogP contribution in [0.15, 0.2) is 54.6 Å². The number of esters is 1. The second kappa shape index (κ2) is 8.34. The number of aryl methyl sites for hydroxylation is 2. The number of benzene rings is 2. The van der Waals surface area contributed by atoms with Crippen LogP contribution >= 0.6 is 0 Å². The molecule has 0 aliphatic heterocycles. The van der Waals surface area contributed by atoms with E-state index in [1.54, 1.807) is 56.4 Å². The van der Waals surface area contributed by atoms with Crippen molar-refractivity contribution in [3.05, 3.63) is 71.7 Å². The lowest BCUT2D eigenvalue weighted by molar-refractivity contribution is -0.119. The second-order valence-electron chi connectivity index (χ2n) is 6.10. The number of carbonyl (C=O) groups is 2. The first-order chi connectivity index (χ1) is 13.4. The lowest BCUT2D eigenvalue weighted by Crippen LogP contribution is -2.22. The van der Waals surface area contributed by atoms with E-state index in [0.717, 1.165) is 5.69 Å². The van der Waals surface area contributed by atoms with Crippen molar-refractivity contribution in [2.24, 2.45) is 7.05 Å². The molecule has 1 heterocycles. The number of aromatic nitrogens is 2. The Morgan fingerprint density at radius 3 is 2.54 bits per heavy atom. The highest BCUT2D eigenvalue weighted by molar-refractivity contribution is 5.99. The first-order valence-electron chi connectivity index (χ1n) is 8.51. The highest BCUT2D eigenvalue weighted by Crippen LogP contribution is 2.22. The lowest BCUT2D eigenvalue weighted by Gasteiger charge is -2.12. The third kappa shape index (κ3) is 4.73. The Labute approximate surface area is 161 Å². The fraction of sp³-hybridized carbons (Fsp3) is 0.150. The lowest BCUT2D eigenvalue weighted by atomic mass is 10.1. The molecule has 2 aromatic carbocycles. The molecule has 0 unspecified atom stereocenters. The van der Waals surface area contributed by atoms with Gasteiger partial charge in [0, 0.05) is 18.8 Å². The number of nitrogens with zero attached hydrogens (tertiary/aromatic N) is 2. The van der Waals surface area contributed by atoms with Gasteiger partial charge in [0.1, 0.15) is 11.6 Å². The van der Waals surface area contributed by atoms with Gasteiger partial charge in [0.15, 0.2) is 6.61 Å². The number of rotatable bonds is 6. The first-order valence-corrected chi connectivity index (χ1v) is 8.51. The molecule has 3 aromatic rings. The quantitative estimate of drug-likeness (QED) is 0.638. The van der Waals surface area contributed by atoms with Crippen LogP contribution in [0.3, 0.4) is 0 Å². The molecular weight excluding hydrogens is 363 g/mol. The van der Waals surface area contributed by atoms with Crippen molar-refractivity contribution in [3.8, 4) is 0 Å². The summed E-state index contributed by atoms with van der Waals surface area (Å²) in [6.45, 7) is 1.37. The Balaban J connectivity index is 1.63. The number of para-hydroxylation sites is 1. The summed E-state index contributed by atoms with van der Waals surface area (Å²) in [5, 5.41) is 9.80. The Morgan fingerprint density at radius 1 is 1.14 bits per heavy atom. The summed E-state index contributed by atoms with van der Waals surface area (Å²) in [5.41, 5.74) is 2.12. The van der Waals surface area contributed by atoms with Crippen LogP contribution in [-0.4, -0.2) is 28.3 Å². The van der Waals surface area contributed by atoms with Gasteiger partial charge in [0.2, 0.25) is 0 Å². The van der Waals surface area contributed by atoms with Crippen molar-refractivity contribution < 1.29 is 18.7 Å². The van der Waals surface area contributed by atoms with E-state index in [0.29, 0.717) is 17.2 Å². The summed E-state index contributed by atoms with van der Waals surface area (Å²) in [7, 11) is 1.70. The van der Waals surface area contributed by atoms with Crippen molar-refractivity contribution in [1.82, 2.24) is 9.78 Å². The SMILES string of the molecule is Cc1cc(NC(=O)COC(=O)c2ccccc2Nc2ccc(F)cc2)n(C)n1.